The molecule has 10 nitrogen and oxygen atoms in total. The number of ether oxygens (including phenoxy) is 1. The molecule has 2 amide bonds. The number of phenols is 1. The van der Waals surface area contributed by atoms with Crippen LogP contribution in [0.15, 0.2) is 66.7 Å². The fourth-order valence-corrected chi connectivity index (χ4v) is 4.61. The number of alkyl halides is 3. The third-order valence-corrected chi connectivity index (χ3v) is 7.03. The molecule has 0 aliphatic rings. The molecule has 13 heteroatoms. The Balaban J connectivity index is 0.00000189. The van der Waals surface area contributed by atoms with Gasteiger partial charge in [0.1, 0.15) is 5.75 Å². The minimum absolute atomic E-state index is 0.0177. The molecule has 7 N–H and O–H groups in total. The van der Waals surface area contributed by atoms with Crippen molar-refractivity contribution in [3.8, 4) is 5.75 Å². The zero-order chi connectivity index (χ0) is 35.4. The summed E-state index contributed by atoms with van der Waals surface area (Å²) in [5, 5.41) is 44.9. The standard InChI is InChI=1S/C33H42F3N3O5.C2H4O2/c34-33(35,36)27-11-8-13-29(21-27)39-32(43)38-28-12-7-10-24(19-28)9-3-6-18-44-17-5-2-1-4-16-37-22-31(42)25-14-15-30(41)26(20-25)23-40;1-2(3)4/h7-8,10-15,19-21,31,37,40-42H,1-6,9,16-18,22-23H2,(H2,38,39,43);1H3,(H,3,4)/t31-;/m0./s1. The van der Waals surface area contributed by atoms with Gasteiger partial charge in [-0.15, -0.1) is 0 Å². The summed E-state index contributed by atoms with van der Waals surface area (Å²) in [5.41, 5.74) is 1.88. The minimum atomic E-state index is -4.48. The summed E-state index contributed by atoms with van der Waals surface area (Å²) in [6.45, 7) is 3.38. The fourth-order valence-electron chi connectivity index (χ4n) is 4.61. The van der Waals surface area contributed by atoms with Crippen molar-refractivity contribution in [3.05, 3.63) is 89.0 Å². The molecular weight excluding hydrogens is 631 g/mol. The highest BCUT2D eigenvalue weighted by Crippen LogP contribution is 2.30. The number of carbonyl (C=O) groups is 2. The molecule has 0 aliphatic carbocycles. The number of aliphatic hydroxyl groups excluding tert-OH is 2. The van der Waals surface area contributed by atoms with Crippen LogP contribution < -0.4 is 16.0 Å². The first-order valence-corrected chi connectivity index (χ1v) is 15.8. The lowest BCUT2D eigenvalue weighted by atomic mass is 10.1. The van der Waals surface area contributed by atoms with Crippen LogP contribution in [0.5, 0.6) is 5.75 Å². The Morgan fingerprint density at radius 3 is 2.15 bits per heavy atom. The number of nitrogens with one attached hydrogen (secondary N) is 3. The normalized spacial score (nSPS) is 11.7. The molecule has 3 aromatic carbocycles. The van der Waals surface area contributed by atoms with Crippen molar-refractivity contribution >= 4 is 23.4 Å². The predicted molar refractivity (Wildman–Crippen MR) is 178 cm³/mol. The number of aliphatic carboxylic acids is 1. The molecule has 0 saturated heterocycles. The SMILES string of the molecule is CC(=O)O.O=C(Nc1cccc(CCCCOCCCCCCNC[C@H](O)c2ccc(O)c(CO)c2)c1)Nc1cccc(C(F)(F)F)c1. The average molecular weight is 678 g/mol. The van der Waals surface area contributed by atoms with Crippen LogP contribution in [0.25, 0.3) is 0 Å². The number of rotatable bonds is 18. The van der Waals surface area contributed by atoms with E-state index in [2.05, 4.69) is 16.0 Å². The van der Waals surface area contributed by atoms with E-state index in [1.165, 1.54) is 18.2 Å². The van der Waals surface area contributed by atoms with E-state index < -0.39 is 29.8 Å². The Morgan fingerprint density at radius 1 is 0.854 bits per heavy atom. The van der Waals surface area contributed by atoms with Crippen LogP contribution >= 0.6 is 0 Å². The van der Waals surface area contributed by atoms with Crippen LogP contribution in [0, 0.1) is 0 Å². The van der Waals surface area contributed by atoms with E-state index >= 15 is 0 Å². The van der Waals surface area contributed by atoms with Crippen LogP contribution in [0.3, 0.4) is 0 Å². The Bertz CT molecular complexity index is 1400. The summed E-state index contributed by atoms with van der Waals surface area (Å²) in [6, 6.07) is 16.0. The number of amides is 2. The lowest BCUT2D eigenvalue weighted by Gasteiger charge is -2.14. The van der Waals surface area contributed by atoms with Gasteiger partial charge < -0.3 is 41.1 Å². The molecule has 0 radical (unpaired) electrons. The van der Waals surface area contributed by atoms with Gasteiger partial charge in [0.15, 0.2) is 0 Å². The third kappa shape index (κ3) is 16.6. The maximum Gasteiger partial charge on any atom is 0.416 e. The smallest absolute Gasteiger partial charge is 0.416 e. The minimum Gasteiger partial charge on any atom is -0.508 e. The average Bonchev–Trinajstić information content (AvgIpc) is 3.03. The zero-order valence-corrected chi connectivity index (χ0v) is 27.1. The molecule has 0 aromatic heterocycles. The molecule has 0 fully saturated rings. The van der Waals surface area contributed by atoms with Gasteiger partial charge in [-0.1, -0.05) is 37.1 Å². The molecule has 0 saturated carbocycles. The van der Waals surface area contributed by atoms with Gasteiger partial charge in [0.05, 0.1) is 18.3 Å². The first-order valence-electron chi connectivity index (χ1n) is 15.8. The Morgan fingerprint density at radius 2 is 1.48 bits per heavy atom. The molecular formula is C35H46F3N3O7. The molecule has 48 heavy (non-hydrogen) atoms. The number of aryl methyl sites for hydroxylation is 1. The van der Waals surface area contributed by atoms with Gasteiger partial charge in [-0.3, -0.25) is 4.79 Å². The molecule has 3 aromatic rings. The Labute approximate surface area is 279 Å². The number of aromatic hydroxyl groups is 1. The van der Waals surface area contributed by atoms with Crippen LogP contribution in [0.1, 0.15) is 73.8 Å². The topological polar surface area (TPSA) is 160 Å². The number of anilines is 2. The largest absolute Gasteiger partial charge is 0.508 e. The van der Waals surface area contributed by atoms with E-state index in [1.54, 1.807) is 18.2 Å². The number of carbonyl (C=O) groups excluding carboxylic acids is 1. The number of urea groups is 1. The van der Waals surface area contributed by atoms with Crippen molar-refractivity contribution in [3.63, 3.8) is 0 Å². The third-order valence-electron chi connectivity index (χ3n) is 7.03. The second-order valence-corrected chi connectivity index (χ2v) is 11.1. The van der Waals surface area contributed by atoms with E-state index in [4.69, 9.17) is 14.6 Å². The molecule has 3 rings (SSSR count). The second-order valence-electron chi connectivity index (χ2n) is 11.1. The predicted octanol–water partition coefficient (Wildman–Crippen LogP) is 6.86. The van der Waals surface area contributed by atoms with E-state index in [1.807, 2.05) is 18.2 Å². The highest BCUT2D eigenvalue weighted by atomic mass is 19.4. The first-order chi connectivity index (χ1) is 22.9. The van der Waals surface area contributed by atoms with E-state index in [9.17, 15) is 33.3 Å². The van der Waals surface area contributed by atoms with Crippen LogP contribution in [-0.2, 0) is 28.7 Å². The Kier molecular flexibility index (Phi) is 18.0. The second kappa shape index (κ2) is 21.7. The number of carboxylic acids is 1. The fraction of sp³-hybridized carbons (Fsp3) is 0.429. The van der Waals surface area contributed by atoms with Crippen molar-refractivity contribution in [1.29, 1.82) is 0 Å². The van der Waals surface area contributed by atoms with E-state index in [0.29, 0.717) is 36.6 Å². The number of hydrogen-bond donors (Lipinski definition) is 7. The molecule has 264 valence electrons. The molecule has 1 atom stereocenters. The van der Waals surface area contributed by atoms with Crippen LogP contribution in [-0.4, -0.2) is 58.7 Å². The molecule has 0 bridgehead atoms. The number of hydrogen-bond acceptors (Lipinski definition) is 7. The maximum absolute atomic E-state index is 12.9. The van der Waals surface area contributed by atoms with E-state index in [0.717, 1.165) is 76.1 Å². The van der Waals surface area contributed by atoms with Crippen molar-refractivity contribution in [2.24, 2.45) is 0 Å². The summed E-state index contributed by atoms with van der Waals surface area (Å²) in [4.78, 5) is 21.3. The summed E-state index contributed by atoms with van der Waals surface area (Å²) in [7, 11) is 0. The summed E-state index contributed by atoms with van der Waals surface area (Å²) in [6.07, 6.45) is 1.54. The highest BCUT2D eigenvalue weighted by Gasteiger charge is 2.30. The van der Waals surface area contributed by atoms with Crippen molar-refractivity contribution in [2.45, 2.75) is 70.8 Å². The zero-order valence-electron chi connectivity index (χ0n) is 27.1. The van der Waals surface area contributed by atoms with Gasteiger partial charge in [0.2, 0.25) is 0 Å². The highest BCUT2D eigenvalue weighted by molar-refractivity contribution is 5.99. The van der Waals surface area contributed by atoms with Crippen molar-refractivity contribution < 1.29 is 47.9 Å². The number of aliphatic hydroxyl groups is 2. The number of benzene rings is 3. The number of halogens is 3. The van der Waals surface area contributed by atoms with Gasteiger partial charge >= 0.3 is 12.2 Å². The monoisotopic (exact) mass is 677 g/mol. The molecule has 0 spiro atoms. The summed E-state index contributed by atoms with van der Waals surface area (Å²) in [5.74, 6) is -0.816. The number of carboxylic acid groups (broad SMARTS) is 1. The number of unbranched alkanes of at least 4 members (excludes halogenated alkanes) is 4. The van der Waals surface area contributed by atoms with Gasteiger partial charge in [0, 0.05) is 43.6 Å². The lowest BCUT2D eigenvalue weighted by Crippen LogP contribution is -2.22. The summed E-state index contributed by atoms with van der Waals surface area (Å²) >= 11 is 0. The van der Waals surface area contributed by atoms with Gasteiger partial charge in [-0.2, -0.15) is 13.2 Å². The lowest BCUT2D eigenvalue weighted by molar-refractivity contribution is -0.137. The van der Waals surface area contributed by atoms with Gasteiger partial charge in [0.25, 0.3) is 5.97 Å². The van der Waals surface area contributed by atoms with Crippen molar-refractivity contribution in [1.82, 2.24) is 5.32 Å². The summed E-state index contributed by atoms with van der Waals surface area (Å²) < 4.78 is 44.4. The van der Waals surface area contributed by atoms with Crippen molar-refractivity contribution in [2.75, 3.05) is 36.9 Å². The van der Waals surface area contributed by atoms with Gasteiger partial charge in [-0.05, 0) is 92.2 Å². The Hall–Kier alpha value is -4.17. The van der Waals surface area contributed by atoms with Crippen LogP contribution in [0.4, 0.5) is 29.3 Å². The molecule has 0 unspecified atom stereocenters. The maximum atomic E-state index is 12.9. The molecule has 0 heterocycles. The quantitative estimate of drug-likeness (QED) is 0.0719. The van der Waals surface area contributed by atoms with Gasteiger partial charge in [-0.25, -0.2) is 4.79 Å². The van der Waals surface area contributed by atoms with E-state index in [-0.39, 0.29) is 18.0 Å². The first kappa shape index (κ1) is 40.0. The van der Waals surface area contributed by atoms with Crippen LogP contribution in [0.2, 0.25) is 0 Å². The molecule has 0 aliphatic heterocycles.